The predicted octanol–water partition coefficient (Wildman–Crippen LogP) is 6.81. The molecule has 1 aliphatic rings. The van der Waals surface area contributed by atoms with Crippen LogP contribution < -0.4 is 0 Å². The van der Waals surface area contributed by atoms with E-state index in [0.29, 0.717) is 11.3 Å². The van der Waals surface area contributed by atoms with Crippen LogP contribution in [0.4, 0.5) is 17.6 Å². The highest BCUT2D eigenvalue weighted by Gasteiger charge is 2.47. The van der Waals surface area contributed by atoms with Gasteiger partial charge in [-0.15, -0.1) is 0 Å². The summed E-state index contributed by atoms with van der Waals surface area (Å²) in [5, 5.41) is 10.2. The summed E-state index contributed by atoms with van der Waals surface area (Å²) in [6.45, 7) is 1.93. The van der Waals surface area contributed by atoms with E-state index < -0.39 is 50.9 Å². The number of benzene rings is 1. The Hall–Kier alpha value is -3.52. The van der Waals surface area contributed by atoms with Crippen molar-refractivity contribution in [1.29, 1.82) is 0 Å². The highest BCUT2D eigenvalue weighted by Crippen LogP contribution is 2.51. The maximum Gasteiger partial charge on any atom is 0.434 e. The zero-order valence-electron chi connectivity index (χ0n) is 22.7. The zero-order chi connectivity index (χ0) is 31.5. The fourth-order valence-corrected chi connectivity index (χ4v) is 6.43. The molecular weight excluding hydrogens is 635 g/mol. The number of aryl methyl sites for hydroxylation is 2. The summed E-state index contributed by atoms with van der Waals surface area (Å²) in [7, 11) is -4.09. The molecule has 3 heterocycles. The predicted molar refractivity (Wildman–Crippen MR) is 152 cm³/mol. The van der Waals surface area contributed by atoms with E-state index in [0.717, 1.165) is 12.5 Å². The van der Waals surface area contributed by atoms with Gasteiger partial charge in [-0.3, -0.25) is 0 Å². The van der Waals surface area contributed by atoms with Crippen LogP contribution in [-0.4, -0.2) is 45.9 Å². The number of hydrogen-bond donors (Lipinski definition) is 1. The third kappa shape index (κ3) is 5.74. The summed E-state index contributed by atoms with van der Waals surface area (Å²) in [6, 6.07) is 8.90. The molecule has 1 aromatic carbocycles. The van der Waals surface area contributed by atoms with Gasteiger partial charge >= 0.3 is 6.18 Å². The molecule has 8 nitrogen and oxygen atoms in total. The lowest BCUT2D eigenvalue weighted by atomic mass is 9.79. The van der Waals surface area contributed by atoms with Crippen LogP contribution in [0, 0.1) is 13.8 Å². The molecule has 1 unspecified atom stereocenters. The minimum Gasteiger partial charge on any atom is -0.440 e. The molecule has 0 saturated heterocycles. The number of rotatable bonds is 6. The van der Waals surface area contributed by atoms with Crippen molar-refractivity contribution in [1.82, 2.24) is 19.5 Å². The highest BCUT2D eigenvalue weighted by atomic mass is 35.5. The van der Waals surface area contributed by atoms with Gasteiger partial charge in [-0.1, -0.05) is 35.3 Å². The number of pyridine rings is 1. The molecule has 0 aliphatic heterocycles. The van der Waals surface area contributed by atoms with E-state index in [9.17, 15) is 26.7 Å². The lowest BCUT2D eigenvalue weighted by Crippen LogP contribution is -2.32. The molecule has 5 rings (SSSR count). The molecule has 43 heavy (non-hydrogen) atoms. The van der Waals surface area contributed by atoms with Crippen molar-refractivity contribution in [2.45, 2.75) is 32.1 Å². The summed E-state index contributed by atoms with van der Waals surface area (Å²) in [4.78, 5) is 11.3. The molecule has 0 radical (unpaired) electrons. The number of allylic oxidation sites excluding steroid dienone is 2. The second-order valence-electron chi connectivity index (χ2n) is 9.89. The summed E-state index contributed by atoms with van der Waals surface area (Å²) in [6.07, 6.45) is -2.09. The van der Waals surface area contributed by atoms with Crippen LogP contribution >= 0.6 is 23.2 Å². The van der Waals surface area contributed by atoms with Crippen molar-refractivity contribution in [3.8, 4) is 17.0 Å². The second kappa shape index (κ2) is 10.9. The third-order valence-corrected chi connectivity index (χ3v) is 8.59. The molecule has 15 heteroatoms. The quantitative estimate of drug-likeness (QED) is 0.179. The SMILES string of the molecule is Cc1nc(C2(F)CC(c3ccc(-n4cc(C(F)(F)F)nc4C)cc3)=CC(S(C)(=O)=O)=C2CO)c(-c2ccc(Cl)nc2Cl)o1. The van der Waals surface area contributed by atoms with Gasteiger partial charge in [0.2, 0.25) is 0 Å². The van der Waals surface area contributed by atoms with Crippen LogP contribution in [0.25, 0.3) is 22.6 Å². The van der Waals surface area contributed by atoms with Crippen molar-refractivity contribution < 1.29 is 35.5 Å². The van der Waals surface area contributed by atoms with Gasteiger partial charge in [0.05, 0.1) is 17.1 Å². The molecule has 0 fully saturated rings. The van der Waals surface area contributed by atoms with Gasteiger partial charge < -0.3 is 14.1 Å². The number of aliphatic hydroxyl groups is 1. The molecular formula is C28H22Cl2F4N4O4S. The average molecular weight is 657 g/mol. The Morgan fingerprint density at radius 1 is 1.07 bits per heavy atom. The lowest BCUT2D eigenvalue weighted by Gasteiger charge is -2.32. The van der Waals surface area contributed by atoms with Gasteiger partial charge in [0.1, 0.15) is 21.8 Å². The monoisotopic (exact) mass is 656 g/mol. The summed E-state index contributed by atoms with van der Waals surface area (Å²) in [5.41, 5.74) is -3.42. The number of imidazole rings is 1. The van der Waals surface area contributed by atoms with E-state index in [4.69, 9.17) is 27.6 Å². The Kier molecular flexibility index (Phi) is 7.83. The van der Waals surface area contributed by atoms with Gasteiger partial charge in [0.15, 0.2) is 32.9 Å². The van der Waals surface area contributed by atoms with Crippen molar-refractivity contribution in [2.24, 2.45) is 0 Å². The molecule has 4 aromatic rings. The minimum absolute atomic E-state index is 0.0422. The molecule has 0 bridgehead atoms. The summed E-state index contributed by atoms with van der Waals surface area (Å²) < 4.78 is 89.8. The Morgan fingerprint density at radius 2 is 1.74 bits per heavy atom. The first-order chi connectivity index (χ1) is 20.0. The van der Waals surface area contributed by atoms with Crippen LogP contribution in [0.2, 0.25) is 10.3 Å². The molecule has 0 amide bonds. The fraction of sp³-hybridized carbons (Fsp3) is 0.250. The molecule has 0 saturated carbocycles. The van der Waals surface area contributed by atoms with E-state index in [-0.39, 0.29) is 44.6 Å². The second-order valence-corrected chi connectivity index (χ2v) is 12.6. The Morgan fingerprint density at radius 3 is 2.30 bits per heavy atom. The van der Waals surface area contributed by atoms with Crippen LogP contribution in [0.3, 0.4) is 0 Å². The van der Waals surface area contributed by atoms with Gasteiger partial charge in [-0.25, -0.2) is 27.8 Å². The van der Waals surface area contributed by atoms with Crippen molar-refractivity contribution in [3.05, 3.63) is 98.1 Å². The number of oxazole rings is 1. The smallest absolute Gasteiger partial charge is 0.434 e. The molecule has 1 aliphatic carbocycles. The van der Waals surface area contributed by atoms with Gasteiger partial charge in [-0.2, -0.15) is 13.2 Å². The third-order valence-electron chi connectivity index (χ3n) is 6.93. The minimum atomic E-state index is -4.63. The van der Waals surface area contributed by atoms with E-state index in [1.165, 1.54) is 60.9 Å². The molecule has 1 N–H and O–H groups in total. The van der Waals surface area contributed by atoms with Crippen LogP contribution in [0.1, 0.15) is 35.1 Å². The van der Waals surface area contributed by atoms with E-state index in [2.05, 4.69) is 15.0 Å². The zero-order valence-corrected chi connectivity index (χ0v) is 25.0. The normalized spacial score (nSPS) is 17.9. The largest absolute Gasteiger partial charge is 0.440 e. The number of alkyl halides is 4. The maximum absolute atomic E-state index is 17.5. The lowest BCUT2D eigenvalue weighted by molar-refractivity contribution is -0.141. The highest BCUT2D eigenvalue weighted by molar-refractivity contribution is 7.94. The van der Waals surface area contributed by atoms with E-state index in [1.54, 1.807) is 0 Å². The standard InChI is InChI=1S/C28H22Cl2F4N4O4S/c1-14-35-22(28(32,33)34)12-38(14)18-6-4-16(5-7-18)17-10-21(43(3,40)41)20(13-39)27(31,11-17)25-24(42-15(2)36-25)19-8-9-23(29)37-26(19)30/h4-10,12,39H,11,13H2,1-3H3. The van der Waals surface area contributed by atoms with Crippen LogP contribution in [0.15, 0.2) is 63.6 Å². The number of aromatic nitrogens is 4. The number of nitrogens with zero attached hydrogens (tertiary/aromatic N) is 4. The maximum atomic E-state index is 17.5. The first kappa shape index (κ1) is 30.9. The fourth-order valence-electron chi connectivity index (χ4n) is 4.97. The van der Waals surface area contributed by atoms with Crippen molar-refractivity contribution in [2.75, 3.05) is 12.9 Å². The number of sulfone groups is 1. The topological polar surface area (TPSA) is 111 Å². The van der Waals surface area contributed by atoms with E-state index in [1.807, 2.05) is 0 Å². The summed E-state index contributed by atoms with van der Waals surface area (Å²) >= 11 is 12.2. The number of hydrogen-bond acceptors (Lipinski definition) is 7. The average Bonchev–Trinajstić information content (AvgIpc) is 3.51. The van der Waals surface area contributed by atoms with E-state index >= 15 is 4.39 Å². The summed E-state index contributed by atoms with van der Waals surface area (Å²) in [5.74, 6) is 0.0140. The van der Waals surface area contributed by atoms with Crippen LogP contribution in [-0.2, 0) is 21.7 Å². The van der Waals surface area contributed by atoms with Gasteiger partial charge in [0.25, 0.3) is 0 Å². The Bertz CT molecular complexity index is 1920. The number of halogens is 6. The van der Waals surface area contributed by atoms with Gasteiger partial charge in [-0.05, 0) is 48.4 Å². The van der Waals surface area contributed by atoms with Crippen molar-refractivity contribution in [3.63, 3.8) is 0 Å². The molecule has 226 valence electrons. The first-order valence-electron chi connectivity index (χ1n) is 12.5. The molecule has 3 aromatic heterocycles. The van der Waals surface area contributed by atoms with Crippen LogP contribution in [0.5, 0.6) is 0 Å². The first-order valence-corrected chi connectivity index (χ1v) is 15.2. The number of aliphatic hydroxyl groups excluding tert-OH is 1. The van der Waals surface area contributed by atoms with Gasteiger partial charge in [0, 0.05) is 37.1 Å². The molecule has 0 spiro atoms. The Labute approximate surface area is 253 Å². The molecule has 1 atom stereocenters. The van der Waals surface area contributed by atoms with Crippen molar-refractivity contribution >= 4 is 38.6 Å². The Balaban J connectivity index is 1.64.